The summed E-state index contributed by atoms with van der Waals surface area (Å²) in [6.45, 7) is 0.734. The lowest BCUT2D eigenvalue weighted by Crippen LogP contribution is -2.26. The summed E-state index contributed by atoms with van der Waals surface area (Å²) in [6, 6.07) is 7.26. The van der Waals surface area contributed by atoms with Crippen molar-refractivity contribution in [2.24, 2.45) is 11.0 Å². The van der Waals surface area contributed by atoms with Crippen molar-refractivity contribution in [1.82, 2.24) is 15.2 Å². The fourth-order valence-electron chi connectivity index (χ4n) is 2.40. The molecule has 1 aliphatic rings. The highest BCUT2D eigenvalue weighted by Gasteiger charge is 2.32. The second-order valence-corrected chi connectivity index (χ2v) is 5.36. The van der Waals surface area contributed by atoms with Crippen LogP contribution in [0.25, 0.3) is 21.8 Å². The summed E-state index contributed by atoms with van der Waals surface area (Å²) in [5.41, 5.74) is 9.07. The van der Waals surface area contributed by atoms with Gasteiger partial charge in [-0.3, -0.25) is 14.8 Å². The molecule has 1 N–H and O–H groups in total. The number of nitrogens with one attached hydrogen (secondary N) is 1. The van der Waals surface area contributed by atoms with Crippen LogP contribution < -0.4 is 4.90 Å². The van der Waals surface area contributed by atoms with E-state index in [0.29, 0.717) is 36.3 Å². The van der Waals surface area contributed by atoms with Gasteiger partial charge in [0.15, 0.2) is 5.82 Å². The number of rotatable bonds is 4. The number of hydrogen-bond acceptors (Lipinski definition) is 4. The normalized spacial score (nSPS) is 17.6. The highest BCUT2D eigenvalue weighted by molar-refractivity contribution is 6.33. The molecule has 22 heavy (non-hydrogen) atoms. The maximum Gasteiger partial charge on any atom is 0.251 e. The van der Waals surface area contributed by atoms with Crippen molar-refractivity contribution in [3.8, 4) is 11.4 Å². The summed E-state index contributed by atoms with van der Waals surface area (Å²) in [4.78, 5) is 20.6. The van der Waals surface area contributed by atoms with Gasteiger partial charge in [0.1, 0.15) is 0 Å². The van der Waals surface area contributed by atoms with Crippen molar-refractivity contribution in [3.63, 3.8) is 0 Å². The smallest absolute Gasteiger partial charge is 0.251 e. The average Bonchev–Trinajstić information content (AvgIpc) is 3.12. The number of amides is 1. The van der Waals surface area contributed by atoms with Gasteiger partial charge in [-0.2, -0.15) is 4.98 Å². The van der Waals surface area contributed by atoms with E-state index in [1.165, 1.54) is 4.90 Å². The van der Waals surface area contributed by atoms with Gasteiger partial charge in [0, 0.05) is 30.0 Å². The molecule has 1 amide bonds. The SMILES string of the molecule is [N-]=[N+]=NCC1CC(=O)N(c2n[nH]c(-c3ccccc3Cl)n2)C1. The Labute approximate surface area is 130 Å². The Morgan fingerprint density at radius 1 is 1.50 bits per heavy atom. The number of carbonyl (C=O) groups excluding carboxylic acids is 1. The summed E-state index contributed by atoms with van der Waals surface area (Å²) in [6.07, 6.45) is 0.328. The topological polar surface area (TPSA) is 111 Å². The summed E-state index contributed by atoms with van der Waals surface area (Å²) >= 11 is 6.12. The summed E-state index contributed by atoms with van der Waals surface area (Å²) in [5.74, 6) is 0.726. The lowest BCUT2D eigenvalue weighted by atomic mass is 10.1. The molecule has 0 aliphatic carbocycles. The van der Waals surface area contributed by atoms with Crippen LogP contribution in [-0.2, 0) is 4.79 Å². The second-order valence-electron chi connectivity index (χ2n) is 4.95. The molecular weight excluding hydrogens is 306 g/mol. The average molecular weight is 318 g/mol. The van der Waals surface area contributed by atoms with Gasteiger partial charge >= 0.3 is 0 Å². The van der Waals surface area contributed by atoms with Gasteiger partial charge in [0.05, 0.1) is 5.02 Å². The Morgan fingerprint density at radius 3 is 3.09 bits per heavy atom. The standard InChI is InChI=1S/C13H12ClN7O/c14-10-4-2-1-3-9(10)12-17-13(19-18-12)21-7-8(5-11(21)22)6-16-20-15/h1-4,8H,5-7H2,(H,17,18,19). The predicted molar refractivity (Wildman–Crippen MR) is 81.3 cm³/mol. The van der Waals surface area contributed by atoms with Crippen LogP contribution in [0.15, 0.2) is 29.4 Å². The zero-order valence-corrected chi connectivity index (χ0v) is 12.2. The minimum Gasteiger partial charge on any atom is -0.279 e. The van der Waals surface area contributed by atoms with Crippen molar-refractivity contribution in [2.75, 3.05) is 18.0 Å². The molecule has 0 radical (unpaired) electrons. The quantitative estimate of drug-likeness (QED) is 0.531. The zero-order chi connectivity index (χ0) is 15.5. The van der Waals surface area contributed by atoms with Crippen LogP contribution >= 0.6 is 11.6 Å². The number of benzene rings is 1. The van der Waals surface area contributed by atoms with E-state index in [-0.39, 0.29) is 11.8 Å². The molecule has 3 rings (SSSR count). The van der Waals surface area contributed by atoms with Crippen LogP contribution in [0.4, 0.5) is 5.95 Å². The number of aromatic amines is 1. The van der Waals surface area contributed by atoms with Crippen molar-refractivity contribution >= 4 is 23.5 Å². The van der Waals surface area contributed by atoms with Crippen LogP contribution in [0.2, 0.25) is 5.02 Å². The molecular formula is C13H12ClN7O. The van der Waals surface area contributed by atoms with Crippen LogP contribution in [0, 0.1) is 5.92 Å². The van der Waals surface area contributed by atoms with Crippen LogP contribution in [0.1, 0.15) is 6.42 Å². The number of H-pyrrole nitrogens is 1. The van der Waals surface area contributed by atoms with Gasteiger partial charge in [-0.1, -0.05) is 28.8 Å². The lowest BCUT2D eigenvalue weighted by molar-refractivity contribution is -0.117. The minimum atomic E-state index is -0.0807. The van der Waals surface area contributed by atoms with E-state index in [1.807, 2.05) is 18.2 Å². The Bertz CT molecular complexity index is 752. The first-order valence-electron chi connectivity index (χ1n) is 6.67. The Hall–Kier alpha value is -2.57. The molecule has 1 saturated heterocycles. The van der Waals surface area contributed by atoms with E-state index >= 15 is 0 Å². The Morgan fingerprint density at radius 2 is 2.32 bits per heavy atom. The molecule has 0 spiro atoms. The molecule has 0 saturated carbocycles. The third kappa shape index (κ3) is 2.74. The third-order valence-corrected chi connectivity index (χ3v) is 3.78. The van der Waals surface area contributed by atoms with Gasteiger partial charge < -0.3 is 0 Å². The number of carbonyl (C=O) groups is 1. The molecule has 112 valence electrons. The van der Waals surface area contributed by atoms with Crippen LogP contribution in [0.5, 0.6) is 0 Å². The largest absolute Gasteiger partial charge is 0.279 e. The monoisotopic (exact) mass is 317 g/mol. The maximum atomic E-state index is 12.0. The number of nitrogens with zero attached hydrogens (tertiary/aromatic N) is 6. The number of anilines is 1. The predicted octanol–water partition coefficient (Wildman–Crippen LogP) is 2.79. The molecule has 1 aromatic carbocycles. The first kappa shape index (κ1) is 14.4. The maximum absolute atomic E-state index is 12.0. The number of aromatic nitrogens is 3. The van der Waals surface area contributed by atoms with Gasteiger partial charge in [-0.05, 0) is 23.6 Å². The number of halogens is 1. The molecule has 1 fully saturated rings. The summed E-state index contributed by atoms with van der Waals surface area (Å²) in [7, 11) is 0. The Balaban J connectivity index is 1.81. The van der Waals surface area contributed by atoms with E-state index in [1.54, 1.807) is 6.07 Å². The van der Waals surface area contributed by atoms with Crippen molar-refractivity contribution in [1.29, 1.82) is 0 Å². The van der Waals surface area contributed by atoms with Crippen molar-refractivity contribution < 1.29 is 4.79 Å². The van der Waals surface area contributed by atoms with Crippen molar-refractivity contribution in [2.45, 2.75) is 6.42 Å². The first-order valence-corrected chi connectivity index (χ1v) is 7.05. The van der Waals surface area contributed by atoms with Gasteiger partial charge in [0.2, 0.25) is 5.91 Å². The molecule has 1 aromatic heterocycles. The molecule has 0 bridgehead atoms. The number of hydrogen-bond donors (Lipinski definition) is 1. The van der Waals surface area contributed by atoms with Gasteiger partial charge in [0.25, 0.3) is 5.95 Å². The molecule has 9 heteroatoms. The molecule has 2 heterocycles. The molecule has 8 nitrogen and oxygen atoms in total. The first-order chi connectivity index (χ1) is 10.7. The number of azide groups is 1. The lowest BCUT2D eigenvalue weighted by Gasteiger charge is -2.10. The van der Waals surface area contributed by atoms with E-state index < -0.39 is 0 Å². The summed E-state index contributed by atoms with van der Waals surface area (Å²) < 4.78 is 0. The second kappa shape index (κ2) is 6.05. The van der Waals surface area contributed by atoms with E-state index in [0.717, 1.165) is 5.56 Å². The summed E-state index contributed by atoms with van der Waals surface area (Å²) in [5, 5.41) is 11.0. The highest BCUT2D eigenvalue weighted by atomic mass is 35.5. The fraction of sp³-hybridized carbons (Fsp3) is 0.308. The van der Waals surface area contributed by atoms with Gasteiger partial charge in [-0.25, -0.2) is 0 Å². The molecule has 2 aromatic rings. The van der Waals surface area contributed by atoms with Gasteiger partial charge in [-0.15, -0.1) is 5.10 Å². The van der Waals surface area contributed by atoms with E-state index in [4.69, 9.17) is 17.1 Å². The van der Waals surface area contributed by atoms with E-state index in [2.05, 4.69) is 25.2 Å². The zero-order valence-electron chi connectivity index (χ0n) is 11.5. The minimum absolute atomic E-state index is 0.00865. The third-order valence-electron chi connectivity index (χ3n) is 3.45. The van der Waals surface area contributed by atoms with Crippen molar-refractivity contribution in [3.05, 3.63) is 39.7 Å². The molecule has 1 unspecified atom stereocenters. The highest BCUT2D eigenvalue weighted by Crippen LogP contribution is 2.27. The molecule has 1 aliphatic heterocycles. The fourth-order valence-corrected chi connectivity index (χ4v) is 2.62. The molecule has 1 atom stereocenters. The Kier molecular flexibility index (Phi) is 3.95. The van der Waals surface area contributed by atoms with Crippen LogP contribution in [-0.4, -0.2) is 34.2 Å². The van der Waals surface area contributed by atoms with E-state index in [9.17, 15) is 4.79 Å². The van der Waals surface area contributed by atoms with Crippen LogP contribution in [0.3, 0.4) is 0 Å².